The number of amides is 2. The van der Waals surface area contributed by atoms with Gasteiger partial charge in [-0.05, 0) is 74.1 Å². The van der Waals surface area contributed by atoms with Gasteiger partial charge in [0.25, 0.3) is 5.91 Å². The average molecular weight is 594 g/mol. The number of rotatable bonds is 13. The van der Waals surface area contributed by atoms with E-state index in [4.69, 9.17) is 5.11 Å². The maximum absolute atomic E-state index is 13.5. The third-order valence-corrected chi connectivity index (χ3v) is 7.73. The molecule has 0 spiro atoms. The molecular formula is C32H33F2N3O6. The summed E-state index contributed by atoms with van der Waals surface area (Å²) in [5.74, 6) is -1.12. The van der Waals surface area contributed by atoms with E-state index in [2.05, 4.69) is 25.1 Å². The summed E-state index contributed by atoms with van der Waals surface area (Å²) in [7, 11) is 0. The maximum atomic E-state index is 13.5. The summed E-state index contributed by atoms with van der Waals surface area (Å²) in [5, 5.41) is 14.5. The molecule has 1 aromatic heterocycles. The van der Waals surface area contributed by atoms with Crippen molar-refractivity contribution in [1.29, 1.82) is 0 Å². The van der Waals surface area contributed by atoms with Gasteiger partial charge in [0, 0.05) is 24.1 Å². The van der Waals surface area contributed by atoms with Crippen LogP contribution in [0.4, 0.5) is 14.6 Å². The SMILES string of the molecule is Cc1ccc(NC(=O)C2(c3ccc4c(c3)OC(F)(F)O4)CC2)nc1-c1cccc(C(=O)NCCCCCCCC(=O)O)c1. The van der Waals surface area contributed by atoms with Crippen molar-refractivity contribution < 1.29 is 37.7 Å². The van der Waals surface area contributed by atoms with Gasteiger partial charge < -0.3 is 25.2 Å². The fraction of sp³-hybridized carbons (Fsp3) is 0.375. The Morgan fingerprint density at radius 2 is 1.67 bits per heavy atom. The molecule has 1 saturated carbocycles. The number of carbonyl (C=O) groups is 3. The number of unbranched alkanes of at least 4 members (excludes halogenated alkanes) is 4. The highest BCUT2D eigenvalue weighted by Crippen LogP contribution is 2.52. The monoisotopic (exact) mass is 593 g/mol. The number of nitrogens with zero attached hydrogens (tertiary/aromatic N) is 1. The number of aliphatic carboxylic acids is 1. The predicted molar refractivity (Wildman–Crippen MR) is 154 cm³/mol. The summed E-state index contributed by atoms with van der Waals surface area (Å²) < 4.78 is 36.0. The van der Waals surface area contributed by atoms with Crippen LogP contribution in [0.1, 0.15) is 72.9 Å². The van der Waals surface area contributed by atoms with Crippen molar-refractivity contribution in [2.24, 2.45) is 0 Å². The van der Waals surface area contributed by atoms with E-state index < -0.39 is 17.7 Å². The van der Waals surface area contributed by atoms with Crippen molar-refractivity contribution >= 4 is 23.6 Å². The van der Waals surface area contributed by atoms with Gasteiger partial charge in [-0.15, -0.1) is 8.78 Å². The number of nitrogens with one attached hydrogen (secondary N) is 2. The lowest BCUT2D eigenvalue weighted by Gasteiger charge is -2.17. The molecule has 0 unspecified atom stereocenters. The lowest BCUT2D eigenvalue weighted by atomic mass is 9.94. The fourth-order valence-electron chi connectivity index (χ4n) is 5.19. The zero-order valence-corrected chi connectivity index (χ0v) is 23.8. The van der Waals surface area contributed by atoms with E-state index in [-0.39, 0.29) is 29.7 Å². The highest BCUT2D eigenvalue weighted by molar-refractivity contribution is 6.01. The van der Waals surface area contributed by atoms with Crippen LogP contribution in [0, 0.1) is 6.92 Å². The molecule has 2 aliphatic rings. The van der Waals surface area contributed by atoms with Crippen LogP contribution < -0.4 is 20.1 Å². The van der Waals surface area contributed by atoms with Gasteiger partial charge in [0.2, 0.25) is 5.91 Å². The van der Waals surface area contributed by atoms with Crippen LogP contribution >= 0.6 is 0 Å². The van der Waals surface area contributed by atoms with Crippen LogP contribution in [-0.4, -0.2) is 40.7 Å². The molecule has 43 heavy (non-hydrogen) atoms. The van der Waals surface area contributed by atoms with Crippen molar-refractivity contribution in [2.75, 3.05) is 11.9 Å². The zero-order chi connectivity index (χ0) is 30.6. The van der Waals surface area contributed by atoms with E-state index in [0.717, 1.165) is 36.8 Å². The fourth-order valence-corrected chi connectivity index (χ4v) is 5.19. The van der Waals surface area contributed by atoms with Crippen LogP contribution in [-0.2, 0) is 15.0 Å². The Morgan fingerprint density at radius 1 is 0.930 bits per heavy atom. The van der Waals surface area contributed by atoms with Crippen molar-refractivity contribution in [2.45, 2.75) is 70.0 Å². The van der Waals surface area contributed by atoms with Crippen molar-refractivity contribution in [3.63, 3.8) is 0 Å². The molecule has 1 aliphatic heterocycles. The van der Waals surface area contributed by atoms with Crippen molar-refractivity contribution in [3.8, 4) is 22.8 Å². The molecule has 3 N–H and O–H groups in total. The number of hydrogen-bond donors (Lipinski definition) is 3. The van der Waals surface area contributed by atoms with E-state index in [1.54, 1.807) is 30.3 Å². The largest absolute Gasteiger partial charge is 0.586 e. The smallest absolute Gasteiger partial charge is 0.481 e. The van der Waals surface area contributed by atoms with Crippen molar-refractivity contribution in [3.05, 3.63) is 71.3 Å². The second-order valence-corrected chi connectivity index (χ2v) is 11.0. The molecule has 11 heteroatoms. The van der Waals surface area contributed by atoms with E-state index in [9.17, 15) is 23.2 Å². The second-order valence-electron chi connectivity index (χ2n) is 11.0. The standard InChI is InChI=1S/C32H33F2N3O6/c1-20-11-14-26(37-30(41)31(15-16-31)23-12-13-24-25(19-23)43-32(33,34)42-24)36-28(20)21-8-7-9-22(18-21)29(40)35-17-6-4-2-3-5-10-27(38)39/h7-9,11-14,18-19H,2-6,10,15-17H2,1H3,(H,35,40)(H,38,39)(H,36,37,41). The number of hydrogen-bond acceptors (Lipinski definition) is 6. The number of fused-ring (bicyclic) bond motifs is 1. The molecule has 3 aromatic rings. The Labute approximate surface area is 247 Å². The topological polar surface area (TPSA) is 127 Å². The number of aromatic nitrogens is 1. The van der Waals surface area contributed by atoms with E-state index in [0.29, 0.717) is 48.4 Å². The van der Waals surface area contributed by atoms with Crippen LogP contribution in [0.5, 0.6) is 11.5 Å². The van der Waals surface area contributed by atoms with Crippen LogP contribution in [0.2, 0.25) is 0 Å². The van der Waals surface area contributed by atoms with Crippen LogP contribution in [0.15, 0.2) is 54.6 Å². The maximum Gasteiger partial charge on any atom is 0.586 e. The summed E-state index contributed by atoms with van der Waals surface area (Å²) >= 11 is 0. The number of anilines is 1. The third-order valence-electron chi connectivity index (χ3n) is 7.73. The first kappa shape index (κ1) is 29.9. The number of benzene rings is 2. The van der Waals surface area contributed by atoms with Gasteiger partial charge in [0.05, 0.1) is 11.1 Å². The first-order chi connectivity index (χ1) is 20.6. The summed E-state index contributed by atoms with van der Waals surface area (Å²) in [4.78, 5) is 41.4. The van der Waals surface area contributed by atoms with E-state index >= 15 is 0 Å². The van der Waals surface area contributed by atoms with Gasteiger partial charge in [-0.1, -0.05) is 43.5 Å². The molecule has 1 aliphatic carbocycles. The van der Waals surface area contributed by atoms with Gasteiger partial charge in [0.15, 0.2) is 11.5 Å². The molecule has 0 bridgehead atoms. The number of carbonyl (C=O) groups excluding carboxylic acids is 2. The Kier molecular flexibility index (Phi) is 8.61. The first-order valence-electron chi connectivity index (χ1n) is 14.4. The summed E-state index contributed by atoms with van der Waals surface area (Å²) in [5.41, 5.74) is 2.37. The quantitative estimate of drug-likeness (QED) is 0.201. The summed E-state index contributed by atoms with van der Waals surface area (Å²) in [6.07, 6.45) is 1.72. The number of aryl methyl sites for hydroxylation is 1. The number of ether oxygens (including phenoxy) is 2. The Hall–Kier alpha value is -4.54. The number of carboxylic acid groups (broad SMARTS) is 1. The average Bonchev–Trinajstić information content (AvgIpc) is 3.72. The highest BCUT2D eigenvalue weighted by Gasteiger charge is 2.53. The number of pyridine rings is 1. The number of carboxylic acids is 1. The third kappa shape index (κ3) is 7.10. The van der Waals surface area contributed by atoms with Gasteiger partial charge >= 0.3 is 12.3 Å². The second kappa shape index (κ2) is 12.4. The zero-order valence-electron chi connectivity index (χ0n) is 23.8. The Bertz CT molecular complexity index is 1540. The molecule has 5 rings (SSSR count). The molecule has 2 amide bonds. The van der Waals surface area contributed by atoms with E-state index in [1.807, 2.05) is 19.1 Å². The van der Waals surface area contributed by atoms with Gasteiger partial charge in [-0.2, -0.15) is 0 Å². The number of alkyl halides is 2. The molecular weight excluding hydrogens is 560 g/mol. The highest BCUT2D eigenvalue weighted by atomic mass is 19.3. The summed E-state index contributed by atoms with van der Waals surface area (Å²) in [6, 6.07) is 15.1. The molecule has 0 atom stereocenters. The van der Waals surface area contributed by atoms with Gasteiger partial charge in [0.1, 0.15) is 5.82 Å². The molecule has 0 saturated heterocycles. The lowest BCUT2D eigenvalue weighted by molar-refractivity contribution is -0.286. The van der Waals surface area contributed by atoms with Gasteiger partial charge in [-0.25, -0.2) is 4.98 Å². The van der Waals surface area contributed by atoms with E-state index in [1.165, 1.54) is 12.1 Å². The molecule has 9 nitrogen and oxygen atoms in total. The molecule has 1 fully saturated rings. The summed E-state index contributed by atoms with van der Waals surface area (Å²) in [6.45, 7) is 2.41. The minimum atomic E-state index is -3.73. The van der Waals surface area contributed by atoms with Gasteiger partial charge in [-0.3, -0.25) is 14.4 Å². The normalized spacial score (nSPS) is 15.5. The minimum absolute atomic E-state index is 0.0734. The molecule has 2 heterocycles. The van der Waals surface area contributed by atoms with Crippen LogP contribution in [0.25, 0.3) is 11.3 Å². The molecule has 0 radical (unpaired) electrons. The predicted octanol–water partition coefficient (Wildman–Crippen LogP) is 6.20. The minimum Gasteiger partial charge on any atom is -0.481 e. The van der Waals surface area contributed by atoms with Crippen molar-refractivity contribution in [1.82, 2.24) is 10.3 Å². The Morgan fingerprint density at radius 3 is 2.44 bits per heavy atom. The molecule has 2 aromatic carbocycles. The first-order valence-corrected chi connectivity index (χ1v) is 14.4. The number of halogens is 2. The van der Waals surface area contributed by atoms with Crippen LogP contribution in [0.3, 0.4) is 0 Å². The lowest BCUT2D eigenvalue weighted by Crippen LogP contribution is -2.28. The Balaban J connectivity index is 1.20. The molecule has 226 valence electrons.